The van der Waals surface area contributed by atoms with Crippen molar-refractivity contribution in [3.8, 4) is 0 Å². The minimum atomic E-state index is -1.12. The Balaban J connectivity index is 1.96. The van der Waals surface area contributed by atoms with Gasteiger partial charge in [0.15, 0.2) is 0 Å². The summed E-state index contributed by atoms with van der Waals surface area (Å²) in [5.74, 6) is -0.908. The topological polar surface area (TPSA) is 78.4 Å². The molecule has 2 atom stereocenters. The van der Waals surface area contributed by atoms with Gasteiger partial charge in [0.05, 0.1) is 11.6 Å². The quantitative estimate of drug-likeness (QED) is 0.776. The summed E-state index contributed by atoms with van der Waals surface area (Å²) in [4.78, 5) is 11.2. The van der Waals surface area contributed by atoms with Crippen molar-refractivity contribution in [1.29, 1.82) is 0 Å². The Morgan fingerprint density at radius 3 is 2.72 bits per heavy atom. The number of carboxylic acid groups (broad SMARTS) is 1. The molecule has 0 amide bonds. The van der Waals surface area contributed by atoms with Crippen molar-refractivity contribution in [3.63, 3.8) is 0 Å². The van der Waals surface area contributed by atoms with Crippen molar-refractivity contribution in [2.24, 2.45) is 5.41 Å². The number of hydrogen-bond donors (Lipinski definition) is 3. The van der Waals surface area contributed by atoms with Crippen molar-refractivity contribution in [2.45, 2.75) is 26.3 Å². The fraction of sp³-hybridized carbons (Fsp3) is 0.316. The van der Waals surface area contributed by atoms with Gasteiger partial charge in [0.1, 0.15) is 11.0 Å². The smallest absolute Gasteiger partial charge is 0.335 e. The Hall–Kier alpha value is -2.34. The molecule has 2 aromatic rings. The molecular formula is C19H22N2O3S. The number of hydrogen-bond acceptors (Lipinski definition) is 3. The number of nitrogens with one attached hydrogen (secondary N) is 2. The fourth-order valence-electron chi connectivity index (χ4n) is 3.44. The summed E-state index contributed by atoms with van der Waals surface area (Å²) in [7, 11) is -1.12. The molecular weight excluding hydrogens is 336 g/mol. The van der Waals surface area contributed by atoms with Gasteiger partial charge in [0.25, 0.3) is 0 Å². The van der Waals surface area contributed by atoms with Gasteiger partial charge in [-0.15, -0.1) is 0 Å². The highest BCUT2D eigenvalue weighted by molar-refractivity contribution is 7.85. The number of fused-ring (bicyclic) bond motifs is 1. The minimum absolute atomic E-state index is 0.0720. The first-order chi connectivity index (χ1) is 11.8. The van der Waals surface area contributed by atoms with Crippen LogP contribution < -0.4 is 10.0 Å². The lowest BCUT2D eigenvalue weighted by Gasteiger charge is -2.41. The average molecular weight is 358 g/mol. The first-order valence-corrected chi connectivity index (χ1v) is 9.65. The van der Waals surface area contributed by atoms with Gasteiger partial charge >= 0.3 is 5.97 Å². The van der Waals surface area contributed by atoms with Gasteiger partial charge in [-0.2, -0.15) is 0 Å². The third-order valence-electron chi connectivity index (χ3n) is 4.56. The van der Waals surface area contributed by atoms with Crippen LogP contribution >= 0.6 is 0 Å². The van der Waals surface area contributed by atoms with E-state index < -0.39 is 17.0 Å². The summed E-state index contributed by atoms with van der Waals surface area (Å²) in [6, 6.07) is 13.2. The molecule has 3 N–H and O–H groups in total. The Kier molecular flexibility index (Phi) is 4.56. The molecule has 0 spiro atoms. The zero-order valence-corrected chi connectivity index (χ0v) is 15.3. The third-order valence-corrected chi connectivity index (χ3v) is 5.08. The molecule has 0 saturated heterocycles. The Morgan fingerprint density at radius 1 is 1.28 bits per heavy atom. The molecule has 2 aromatic carbocycles. The molecule has 0 aliphatic carbocycles. The Morgan fingerprint density at radius 2 is 2.04 bits per heavy atom. The number of aromatic carboxylic acids is 1. The summed E-state index contributed by atoms with van der Waals surface area (Å²) in [6.07, 6.45) is 2.38. The van der Waals surface area contributed by atoms with Gasteiger partial charge in [0.2, 0.25) is 0 Å². The van der Waals surface area contributed by atoms with E-state index in [9.17, 15) is 14.1 Å². The highest BCUT2D eigenvalue weighted by Crippen LogP contribution is 2.45. The SMILES string of the molecule is CS(=O)Nc1cccc(C2Nc3ccc(C(=O)O)cc3CC2(C)C)c1. The largest absolute Gasteiger partial charge is 0.478 e. The Bertz CT molecular complexity index is 848. The van der Waals surface area contributed by atoms with Crippen LogP contribution in [0.1, 0.15) is 41.4 Å². The molecule has 0 aromatic heterocycles. The molecule has 3 rings (SSSR count). The third kappa shape index (κ3) is 3.69. The number of carboxylic acids is 1. The molecule has 132 valence electrons. The zero-order valence-electron chi connectivity index (χ0n) is 14.5. The van der Waals surface area contributed by atoms with Crippen molar-refractivity contribution in [3.05, 3.63) is 59.2 Å². The molecule has 0 saturated carbocycles. The predicted octanol–water partition coefficient (Wildman–Crippen LogP) is 3.83. The minimum Gasteiger partial charge on any atom is -0.478 e. The number of carbonyl (C=O) groups is 1. The highest BCUT2D eigenvalue weighted by atomic mass is 32.2. The summed E-state index contributed by atoms with van der Waals surface area (Å²) in [6.45, 7) is 4.33. The van der Waals surface area contributed by atoms with Crippen molar-refractivity contribution in [1.82, 2.24) is 0 Å². The van der Waals surface area contributed by atoms with Gasteiger partial charge in [-0.1, -0.05) is 26.0 Å². The highest BCUT2D eigenvalue weighted by Gasteiger charge is 2.36. The van der Waals surface area contributed by atoms with Gasteiger partial charge < -0.3 is 15.1 Å². The van der Waals surface area contributed by atoms with Crippen LogP contribution in [-0.4, -0.2) is 21.5 Å². The maximum Gasteiger partial charge on any atom is 0.335 e. The second kappa shape index (κ2) is 6.52. The van der Waals surface area contributed by atoms with Crippen LogP contribution in [-0.2, 0) is 17.4 Å². The maximum absolute atomic E-state index is 11.4. The number of anilines is 2. The molecule has 1 aliphatic heterocycles. The van der Waals surface area contributed by atoms with E-state index in [1.165, 1.54) is 0 Å². The van der Waals surface area contributed by atoms with Gasteiger partial charge in [-0.05, 0) is 53.3 Å². The summed E-state index contributed by atoms with van der Waals surface area (Å²) >= 11 is 0. The summed E-state index contributed by atoms with van der Waals surface area (Å²) in [5.41, 5.74) is 4.12. The number of rotatable bonds is 4. The fourth-order valence-corrected chi connectivity index (χ4v) is 3.90. The molecule has 1 aliphatic rings. The van der Waals surface area contributed by atoms with Crippen LogP contribution in [0.5, 0.6) is 0 Å². The molecule has 6 heteroatoms. The maximum atomic E-state index is 11.4. The zero-order chi connectivity index (χ0) is 18.2. The van der Waals surface area contributed by atoms with Crippen LogP contribution in [0.25, 0.3) is 0 Å². The first kappa shape index (κ1) is 17.5. The van der Waals surface area contributed by atoms with Crippen LogP contribution in [0, 0.1) is 5.41 Å². The van der Waals surface area contributed by atoms with Crippen molar-refractivity contribution < 1.29 is 14.1 Å². The van der Waals surface area contributed by atoms with Crippen molar-refractivity contribution in [2.75, 3.05) is 16.3 Å². The summed E-state index contributed by atoms with van der Waals surface area (Å²) in [5, 5.41) is 12.8. The Labute approximate surface area is 150 Å². The van der Waals surface area contributed by atoms with E-state index in [1.807, 2.05) is 24.3 Å². The van der Waals surface area contributed by atoms with Crippen LogP contribution in [0.3, 0.4) is 0 Å². The van der Waals surface area contributed by atoms with E-state index in [4.69, 9.17) is 0 Å². The van der Waals surface area contributed by atoms with E-state index in [1.54, 1.807) is 18.4 Å². The van der Waals surface area contributed by atoms with E-state index in [0.717, 1.165) is 28.9 Å². The lowest BCUT2D eigenvalue weighted by molar-refractivity contribution is 0.0696. The van der Waals surface area contributed by atoms with Gasteiger partial charge in [0, 0.05) is 17.6 Å². The average Bonchev–Trinajstić information content (AvgIpc) is 2.52. The predicted molar refractivity (Wildman–Crippen MR) is 101 cm³/mol. The first-order valence-electron chi connectivity index (χ1n) is 8.09. The second-order valence-electron chi connectivity index (χ2n) is 7.10. The second-order valence-corrected chi connectivity index (χ2v) is 8.21. The van der Waals surface area contributed by atoms with E-state index in [-0.39, 0.29) is 11.5 Å². The van der Waals surface area contributed by atoms with Gasteiger partial charge in [-0.3, -0.25) is 0 Å². The van der Waals surface area contributed by atoms with E-state index >= 15 is 0 Å². The standard InChI is InChI=1S/C19H22N2O3S/c1-19(2)11-14-9-13(18(22)23)7-8-16(14)20-17(19)12-5-4-6-15(10-12)21-25(3)24/h4-10,17,20-21H,11H2,1-3H3,(H,22,23). The van der Waals surface area contributed by atoms with E-state index in [2.05, 4.69) is 30.0 Å². The molecule has 0 radical (unpaired) electrons. The van der Waals surface area contributed by atoms with E-state index in [0.29, 0.717) is 5.56 Å². The van der Waals surface area contributed by atoms with Crippen LogP contribution in [0.15, 0.2) is 42.5 Å². The van der Waals surface area contributed by atoms with Crippen LogP contribution in [0.4, 0.5) is 11.4 Å². The number of benzene rings is 2. The molecule has 2 unspecified atom stereocenters. The summed E-state index contributed by atoms with van der Waals surface area (Å²) < 4.78 is 14.3. The molecule has 0 fully saturated rings. The molecule has 5 nitrogen and oxygen atoms in total. The van der Waals surface area contributed by atoms with Crippen LogP contribution in [0.2, 0.25) is 0 Å². The molecule has 1 heterocycles. The normalized spacial score (nSPS) is 19.4. The molecule has 0 bridgehead atoms. The monoisotopic (exact) mass is 358 g/mol. The molecule has 25 heavy (non-hydrogen) atoms. The lowest BCUT2D eigenvalue weighted by Crippen LogP contribution is -2.35. The lowest BCUT2D eigenvalue weighted by atomic mass is 9.72. The van der Waals surface area contributed by atoms with Crippen molar-refractivity contribution >= 4 is 28.3 Å². The van der Waals surface area contributed by atoms with Gasteiger partial charge in [-0.25, -0.2) is 9.00 Å².